The zero-order valence-electron chi connectivity index (χ0n) is 17.7. The third-order valence-corrected chi connectivity index (χ3v) is 7.02. The van der Waals surface area contributed by atoms with E-state index in [1.165, 1.54) is 12.1 Å². The molecule has 0 saturated carbocycles. The Bertz CT molecular complexity index is 1170. The molecule has 1 aliphatic rings. The van der Waals surface area contributed by atoms with Crippen molar-refractivity contribution in [2.75, 3.05) is 25.0 Å². The normalized spacial score (nSPS) is 16.7. The molecule has 0 bridgehead atoms. The minimum Gasteiger partial charge on any atom is -0.455 e. The van der Waals surface area contributed by atoms with Gasteiger partial charge in [-0.15, -0.1) is 0 Å². The molecular weight excluding hydrogens is 457 g/mol. The Hall–Kier alpha value is -3.38. The maximum atomic E-state index is 13.1. The van der Waals surface area contributed by atoms with Gasteiger partial charge in [-0.1, -0.05) is 6.07 Å². The van der Waals surface area contributed by atoms with Crippen LogP contribution in [0.1, 0.15) is 18.4 Å². The Morgan fingerprint density at radius 3 is 2.61 bits per heavy atom. The van der Waals surface area contributed by atoms with Gasteiger partial charge in [0.1, 0.15) is 11.5 Å². The van der Waals surface area contributed by atoms with Crippen LogP contribution in [-0.2, 0) is 24.3 Å². The van der Waals surface area contributed by atoms with Gasteiger partial charge in [0.25, 0.3) is 11.6 Å². The summed E-state index contributed by atoms with van der Waals surface area (Å²) >= 11 is 0. The number of sulfonamides is 1. The number of nitrogens with zero attached hydrogens (tertiary/aromatic N) is 2. The fourth-order valence-electron chi connectivity index (χ4n) is 3.45. The number of halogens is 1. The molecule has 1 saturated heterocycles. The minimum atomic E-state index is -3.92. The number of esters is 1. The third kappa shape index (κ3) is 5.90. The van der Waals surface area contributed by atoms with Crippen LogP contribution in [0.4, 0.5) is 15.8 Å². The Kier molecular flexibility index (Phi) is 7.39. The molecular formula is C21H22FN3O7S. The molecule has 33 heavy (non-hydrogen) atoms. The highest BCUT2D eigenvalue weighted by molar-refractivity contribution is 7.89. The summed E-state index contributed by atoms with van der Waals surface area (Å²) in [6.07, 6.45) is 0.779. The number of nitrogens with one attached hydrogen (secondary N) is 1. The van der Waals surface area contributed by atoms with Gasteiger partial charge in [-0.05, 0) is 55.7 Å². The van der Waals surface area contributed by atoms with Crippen molar-refractivity contribution < 1.29 is 32.1 Å². The van der Waals surface area contributed by atoms with Gasteiger partial charge in [0.05, 0.1) is 15.7 Å². The van der Waals surface area contributed by atoms with Gasteiger partial charge < -0.3 is 10.1 Å². The summed E-state index contributed by atoms with van der Waals surface area (Å²) in [4.78, 5) is 35.0. The minimum absolute atomic E-state index is 0.0270. The molecule has 0 spiro atoms. The van der Waals surface area contributed by atoms with E-state index in [-0.39, 0.29) is 29.4 Å². The summed E-state index contributed by atoms with van der Waals surface area (Å²) in [5, 5.41) is 13.5. The van der Waals surface area contributed by atoms with Crippen LogP contribution in [0.15, 0.2) is 47.4 Å². The van der Waals surface area contributed by atoms with Crippen molar-refractivity contribution >= 4 is 33.3 Å². The van der Waals surface area contributed by atoms with E-state index >= 15 is 0 Å². The SMILES string of the molecule is Cc1ccc(NC(=O)COC(=O)C2CCCN(S(=O)(=O)c3ccc(F)cc3)C2)c([N+](=O)[O-])c1. The standard InChI is InChI=1S/C21H22FN3O7S/c1-14-4-9-18(19(11-14)25(28)29)23-20(26)13-32-21(27)15-3-2-10-24(12-15)33(30,31)17-7-5-16(22)6-8-17/h4-9,11,15H,2-3,10,12-13H2,1H3,(H,23,26). The van der Waals surface area contributed by atoms with E-state index < -0.39 is 45.2 Å². The first kappa shape index (κ1) is 24.3. The molecule has 3 rings (SSSR count). The Balaban J connectivity index is 1.59. The monoisotopic (exact) mass is 479 g/mol. The predicted molar refractivity (Wildman–Crippen MR) is 115 cm³/mol. The average molecular weight is 479 g/mol. The lowest BCUT2D eigenvalue weighted by Gasteiger charge is -2.30. The van der Waals surface area contributed by atoms with Crippen molar-refractivity contribution in [2.45, 2.75) is 24.7 Å². The molecule has 0 radical (unpaired) electrons. The lowest BCUT2D eigenvalue weighted by Crippen LogP contribution is -2.43. The number of piperidine rings is 1. The zero-order chi connectivity index (χ0) is 24.2. The van der Waals surface area contributed by atoms with Gasteiger partial charge in [0, 0.05) is 19.2 Å². The molecule has 10 nitrogen and oxygen atoms in total. The quantitative estimate of drug-likeness (QED) is 0.366. The number of anilines is 1. The molecule has 1 atom stereocenters. The summed E-state index contributed by atoms with van der Waals surface area (Å²) in [6, 6.07) is 8.67. The maximum Gasteiger partial charge on any atom is 0.310 e. The first-order valence-corrected chi connectivity index (χ1v) is 11.5. The van der Waals surface area contributed by atoms with Crippen LogP contribution in [0.25, 0.3) is 0 Å². The molecule has 1 heterocycles. The summed E-state index contributed by atoms with van der Waals surface area (Å²) in [7, 11) is -3.92. The highest BCUT2D eigenvalue weighted by Crippen LogP contribution is 2.26. The van der Waals surface area contributed by atoms with Gasteiger partial charge in [0.15, 0.2) is 6.61 Å². The number of amides is 1. The summed E-state index contributed by atoms with van der Waals surface area (Å²) in [6.45, 7) is 1.06. The van der Waals surface area contributed by atoms with Crippen LogP contribution in [0, 0.1) is 28.8 Å². The van der Waals surface area contributed by atoms with Gasteiger partial charge >= 0.3 is 5.97 Å². The molecule has 0 aliphatic carbocycles. The van der Waals surface area contributed by atoms with Gasteiger partial charge in [-0.2, -0.15) is 4.31 Å². The largest absolute Gasteiger partial charge is 0.455 e. The maximum absolute atomic E-state index is 13.1. The van der Waals surface area contributed by atoms with Crippen molar-refractivity contribution in [3.8, 4) is 0 Å². The van der Waals surface area contributed by atoms with E-state index in [0.29, 0.717) is 18.4 Å². The number of hydrogen-bond acceptors (Lipinski definition) is 7. The molecule has 12 heteroatoms. The molecule has 1 aliphatic heterocycles. The number of ether oxygens (including phenoxy) is 1. The van der Waals surface area contributed by atoms with Gasteiger partial charge in [-0.3, -0.25) is 19.7 Å². The van der Waals surface area contributed by atoms with Crippen LogP contribution >= 0.6 is 0 Å². The first-order chi connectivity index (χ1) is 15.6. The summed E-state index contributed by atoms with van der Waals surface area (Å²) in [5.74, 6) is -2.86. The van der Waals surface area contributed by atoms with E-state index in [1.807, 2.05) is 0 Å². The topological polar surface area (TPSA) is 136 Å². The lowest BCUT2D eigenvalue weighted by molar-refractivity contribution is -0.384. The molecule has 0 aromatic heterocycles. The molecule has 2 aromatic rings. The number of nitro groups is 1. The number of nitro benzene ring substituents is 1. The molecule has 1 N–H and O–H groups in total. The number of hydrogen-bond donors (Lipinski definition) is 1. The first-order valence-electron chi connectivity index (χ1n) is 10.0. The number of carbonyl (C=O) groups excluding carboxylic acids is 2. The molecule has 1 amide bonds. The second-order valence-electron chi connectivity index (χ2n) is 7.59. The molecule has 1 fully saturated rings. The Labute approximate surface area is 189 Å². The average Bonchev–Trinajstić information content (AvgIpc) is 2.79. The Morgan fingerprint density at radius 2 is 1.94 bits per heavy atom. The van der Waals surface area contributed by atoms with Gasteiger partial charge in [-0.25, -0.2) is 12.8 Å². The Morgan fingerprint density at radius 1 is 1.24 bits per heavy atom. The van der Waals surface area contributed by atoms with Crippen LogP contribution in [0.2, 0.25) is 0 Å². The fourth-order valence-corrected chi connectivity index (χ4v) is 4.97. The van der Waals surface area contributed by atoms with Crippen LogP contribution in [-0.4, -0.2) is 49.2 Å². The lowest BCUT2D eigenvalue weighted by atomic mass is 10.00. The van der Waals surface area contributed by atoms with Crippen LogP contribution in [0.3, 0.4) is 0 Å². The highest BCUT2D eigenvalue weighted by atomic mass is 32.2. The van der Waals surface area contributed by atoms with Crippen molar-refractivity contribution in [3.63, 3.8) is 0 Å². The van der Waals surface area contributed by atoms with Crippen molar-refractivity contribution in [3.05, 3.63) is 64.0 Å². The second-order valence-corrected chi connectivity index (χ2v) is 9.53. The number of rotatable bonds is 7. The highest BCUT2D eigenvalue weighted by Gasteiger charge is 2.34. The van der Waals surface area contributed by atoms with Crippen molar-refractivity contribution in [1.29, 1.82) is 0 Å². The molecule has 1 unspecified atom stereocenters. The third-order valence-electron chi connectivity index (χ3n) is 5.14. The summed E-state index contributed by atoms with van der Waals surface area (Å²) in [5.41, 5.74) is 0.327. The molecule has 176 valence electrons. The number of benzene rings is 2. The van der Waals surface area contributed by atoms with Crippen LogP contribution < -0.4 is 5.32 Å². The van der Waals surface area contributed by atoms with E-state index in [1.54, 1.807) is 13.0 Å². The summed E-state index contributed by atoms with van der Waals surface area (Å²) < 4.78 is 44.8. The van der Waals surface area contributed by atoms with E-state index in [4.69, 9.17) is 4.74 Å². The number of carbonyl (C=O) groups is 2. The van der Waals surface area contributed by atoms with E-state index in [0.717, 1.165) is 28.6 Å². The second kappa shape index (κ2) is 10.0. The van der Waals surface area contributed by atoms with E-state index in [9.17, 15) is 32.5 Å². The van der Waals surface area contributed by atoms with Crippen molar-refractivity contribution in [1.82, 2.24) is 4.31 Å². The fraction of sp³-hybridized carbons (Fsp3) is 0.333. The smallest absolute Gasteiger partial charge is 0.310 e. The van der Waals surface area contributed by atoms with Gasteiger partial charge in [0.2, 0.25) is 10.0 Å². The van der Waals surface area contributed by atoms with Crippen LogP contribution in [0.5, 0.6) is 0 Å². The number of aryl methyl sites for hydroxylation is 1. The van der Waals surface area contributed by atoms with Crippen molar-refractivity contribution in [2.24, 2.45) is 5.92 Å². The van der Waals surface area contributed by atoms with E-state index in [2.05, 4.69) is 5.32 Å². The molecule has 2 aromatic carbocycles. The predicted octanol–water partition coefficient (Wildman–Crippen LogP) is 2.62. The zero-order valence-corrected chi connectivity index (χ0v) is 18.5.